The standard InChI is InChI=1S/C26H35N3O4/c1-5-6-14-32-22-12-9-11-21(16-22)17-27-29-26(31)23(15-19(2)3)28-25(30)18-33-24-13-8-7-10-20(24)4/h7-13,16-17,19,23H,5-6,14-15,18H2,1-4H3,(H,28,30)(H,29,31)/b27-17-/t23-/m1/s1. The number of para-hydroxylation sites is 1. The van der Waals surface area contributed by atoms with Crippen molar-refractivity contribution in [2.24, 2.45) is 11.0 Å². The summed E-state index contributed by atoms with van der Waals surface area (Å²) in [7, 11) is 0. The molecule has 0 unspecified atom stereocenters. The largest absolute Gasteiger partial charge is 0.494 e. The normalized spacial score (nSPS) is 11.9. The molecule has 0 fully saturated rings. The van der Waals surface area contributed by atoms with Gasteiger partial charge < -0.3 is 14.8 Å². The van der Waals surface area contributed by atoms with Gasteiger partial charge in [-0.1, -0.05) is 57.5 Å². The van der Waals surface area contributed by atoms with Crippen LogP contribution in [-0.4, -0.2) is 37.3 Å². The maximum absolute atomic E-state index is 12.7. The fourth-order valence-corrected chi connectivity index (χ4v) is 3.07. The summed E-state index contributed by atoms with van der Waals surface area (Å²) in [6, 6.07) is 14.3. The number of carbonyl (C=O) groups excluding carboxylic acids is 2. The van der Waals surface area contributed by atoms with Crippen molar-refractivity contribution >= 4 is 18.0 Å². The molecule has 0 saturated heterocycles. The highest BCUT2D eigenvalue weighted by Crippen LogP contribution is 2.16. The Morgan fingerprint density at radius 3 is 2.61 bits per heavy atom. The van der Waals surface area contributed by atoms with Crippen molar-refractivity contribution in [2.45, 2.75) is 53.0 Å². The molecule has 1 atom stereocenters. The predicted octanol–water partition coefficient (Wildman–Crippen LogP) is 4.23. The van der Waals surface area contributed by atoms with Crippen LogP contribution in [-0.2, 0) is 9.59 Å². The van der Waals surface area contributed by atoms with Gasteiger partial charge in [-0.25, -0.2) is 5.43 Å². The smallest absolute Gasteiger partial charge is 0.262 e. The number of rotatable bonds is 13. The maximum atomic E-state index is 12.7. The van der Waals surface area contributed by atoms with Crippen LogP contribution in [0, 0.1) is 12.8 Å². The van der Waals surface area contributed by atoms with Crippen LogP contribution in [0.15, 0.2) is 53.6 Å². The molecule has 33 heavy (non-hydrogen) atoms. The molecule has 7 nitrogen and oxygen atoms in total. The van der Waals surface area contributed by atoms with Crippen molar-refractivity contribution in [2.75, 3.05) is 13.2 Å². The molecule has 0 aliphatic carbocycles. The quantitative estimate of drug-likeness (QED) is 0.270. The van der Waals surface area contributed by atoms with Gasteiger partial charge >= 0.3 is 0 Å². The van der Waals surface area contributed by atoms with E-state index in [1.54, 1.807) is 12.3 Å². The molecular formula is C26H35N3O4. The lowest BCUT2D eigenvalue weighted by Crippen LogP contribution is -2.47. The summed E-state index contributed by atoms with van der Waals surface area (Å²) in [6.45, 7) is 8.50. The number of hydrogen-bond acceptors (Lipinski definition) is 5. The number of nitrogens with one attached hydrogen (secondary N) is 2. The Labute approximate surface area is 196 Å². The SMILES string of the molecule is CCCCOc1cccc(/C=N\NC(=O)[C@@H](CC(C)C)NC(=O)COc2ccccc2C)c1. The summed E-state index contributed by atoms with van der Waals surface area (Å²) in [5.41, 5.74) is 4.28. The Kier molecular flexibility index (Phi) is 10.9. The number of nitrogens with zero attached hydrogens (tertiary/aromatic N) is 1. The second kappa shape index (κ2) is 13.9. The van der Waals surface area contributed by atoms with E-state index in [4.69, 9.17) is 9.47 Å². The highest BCUT2D eigenvalue weighted by molar-refractivity contribution is 5.89. The Morgan fingerprint density at radius 2 is 1.88 bits per heavy atom. The van der Waals surface area contributed by atoms with Gasteiger partial charge in [0.2, 0.25) is 0 Å². The highest BCUT2D eigenvalue weighted by Gasteiger charge is 2.22. The molecule has 7 heteroatoms. The van der Waals surface area contributed by atoms with Crippen LogP contribution in [0.4, 0.5) is 0 Å². The van der Waals surface area contributed by atoms with E-state index in [0.29, 0.717) is 18.8 Å². The molecule has 2 aromatic rings. The lowest BCUT2D eigenvalue weighted by Gasteiger charge is -2.19. The molecule has 0 aliphatic rings. The van der Waals surface area contributed by atoms with E-state index in [-0.39, 0.29) is 24.3 Å². The van der Waals surface area contributed by atoms with Gasteiger partial charge in [-0.2, -0.15) is 5.10 Å². The first-order valence-corrected chi connectivity index (χ1v) is 11.4. The summed E-state index contributed by atoms with van der Waals surface area (Å²) in [4.78, 5) is 25.1. The first-order valence-electron chi connectivity index (χ1n) is 11.4. The minimum atomic E-state index is -0.709. The van der Waals surface area contributed by atoms with Gasteiger partial charge in [0.25, 0.3) is 11.8 Å². The van der Waals surface area contributed by atoms with Gasteiger partial charge in [-0.3, -0.25) is 9.59 Å². The number of ether oxygens (including phenoxy) is 2. The third-order valence-corrected chi connectivity index (χ3v) is 4.82. The Bertz CT molecular complexity index is 927. The minimum absolute atomic E-state index is 0.166. The summed E-state index contributed by atoms with van der Waals surface area (Å²) in [6.07, 6.45) is 4.10. The van der Waals surface area contributed by atoms with E-state index < -0.39 is 6.04 Å². The molecule has 0 saturated carbocycles. The average molecular weight is 454 g/mol. The van der Waals surface area contributed by atoms with Gasteiger partial charge in [0.1, 0.15) is 17.5 Å². The van der Waals surface area contributed by atoms with Gasteiger partial charge in [-0.15, -0.1) is 0 Å². The second-order valence-corrected chi connectivity index (χ2v) is 8.31. The lowest BCUT2D eigenvalue weighted by molar-refractivity contribution is -0.130. The topological polar surface area (TPSA) is 89.0 Å². The number of unbranched alkanes of at least 4 members (excludes halogenated alkanes) is 1. The van der Waals surface area contributed by atoms with Crippen LogP contribution in [0.2, 0.25) is 0 Å². The van der Waals surface area contributed by atoms with Crippen molar-refractivity contribution in [3.63, 3.8) is 0 Å². The molecule has 0 spiro atoms. The fraction of sp³-hybridized carbons (Fsp3) is 0.423. The number of aryl methyl sites for hydroxylation is 1. The molecule has 2 aromatic carbocycles. The summed E-state index contributed by atoms with van der Waals surface area (Å²) in [5, 5.41) is 6.81. The third kappa shape index (κ3) is 9.76. The number of hydrogen-bond donors (Lipinski definition) is 2. The van der Waals surface area contributed by atoms with Gasteiger partial charge in [-0.05, 0) is 55.0 Å². The predicted molar refractivity (Wildman–Crippen MR) is 131 cm³/mol. The van der Waals surface area contributed by atoms with Crippen LogP contribution in [0.1, 0.15) is 51.2 Å². The highest BCUT2D eigenvalue weighted by atomic mass is 16.5. The number of benzene rings is 2. The second-order valence-electron chi connectivity index (χ2n) is 8.31. The Morgan fingerprint density at radius 1 is 1.09 bits per heavy atom. The summed E-state index contributed by atoms with van der Waals surface area (Å²) >= 11 is 0. The third-order valence-electron chi connectivity index (χ3n) is 4.82. The molecule has 2 amide bonds. The Hall–Kier alpha value is -3.35. The van der Waals surface area contributed by atoms with Gasteiger partial charge in [0.15, 0.2) is 6.61 Å². The average Bonchev–Trinajstić information content (AvgIpc) is 2.78. The lowest BCUT2D eigenvalue weighted by atomic mass is 10.0. The zero-order valence-electron chi connectivity index (χ0n) is 20.0. The molecule has 0 heterocycles. The summed E-state index contributed by atoms with van der Waals surface area (Å²) in [5.74, 6) is 0.874. The van der Waals surface area contributed by atoms with Crippen molar-refractivity contribution in [3.8, 4) is 11.5 Å². The van der Waals surface area contributed by atoms with Crippen LogP contribution >= 0.6 is 0 Å². The molecule has 2 N–H and O–H groups in total. The van der Waals surface area contributed by atoms with E-state index in [1.165, 1.54) is 0 Å². The van der Waals surface area contributed by atoms with Crippen molar-refractivity contribution in [1.82, 2.24) is 10.7 Å². The fourth-order valence-electron chi connectivity index (χ4n) is 3.07. The van der Waals surface area contributed by atoms with E-state index >= 15 is 0 Å². The Balaban J connectivity index is 1.90. The van der Waals surface area contributed by atoms with Crippen LogP contribution in [0.3, 0.4) is 0 Å². The van der Waals surface area contributed by atoms with Crippen LogP contribution in [0.5, 0.6) is 11.5 Å². The maximum Gasteiger partial charge on any atom is 0.262 e. The summed E-state index contributed by atoms with van der Waals surface area (Å²) < 4.78 is 11.3. The minimum Gasteiger partial charge on any atom is -0.494 e. The van der Waals surface area contributed by atoms with Crippen LogP contribution in [0.25, 0.3) is 0 Å². The first kappa shape index (κ1) is 25.9. The zero-order chi connectivity index (χ0) is 24.1. The number of carbonyl (C=O) groups is 2. The zero-order valence-corrected chi connectivity index (χ0v) is 20.0. The van der Waals surface area contributed by atoms with E-state index in [0.717, 1.165) is 29.7 Å². The van der Waals surface area contributed by atoms with Gasteiger partial charge in [0, 0.05) is 0 Å². The molecule has 0 radical (unpaired) electrons. The first-order chi connectivity index (χ1) is 15.9. The number of amides is 2. The number of hydrazone groups is 1. The van der Waals surface area contributed by atoms with E-state index in [9.17, 15) is 9.59 Å². The van der Waals surface area contributed by atoms with Gasteiger partial charge in [0.05, 0.1) is 12.8 Å². The van der Waals surface area contributed by atoms with E-state index in [2.05, 4.69) is 22.8 Å². The van der Waals surface area contributed by atoms with E-state index in [1.807, 2.05) is 63.2 Å². The molecular weight excluding hydrogens is 418 g/mol. The van der Waals surface area contributed by atoms with Crippen molar-refractivity contribution in [3.05, 3.63) is 59.7 Å². The van der Waals surface area contributed by atoms with Crippen molar-refractivity contribution in [1.29, 1.82) is 0 Å². The molecule has 178 valence electrons. The molecule has 2 rings (SSSR count). The molecule has 0 bridgehead atoms. The molecule has 0 aromatic heterocycles. The van der Waals surface area contributed by atoms with Crippen LogP contribution < -0.4 is 20.2 Å². The monoisotopic (exact) mass is 453 g/mol. The molecule has 0 aliphatic heterocycles. The van der Waals surface area contributed by atoms with Crippen molar-refractivity contribution < 1.29 is 19.1 Å².